The Morgan fingerprint density at radius 2 is 2.00 bits per heavy atom. The minimum absolute atomic E-state index is 0.258. The SMILES string of the molecule is N/C=C(\C=NC1CCNCC1)c1cncc(OCc2c(Cl)cccc2Cl)c1. The van der Waals surface area contributed by atoms with E-state index in [1.807, 2.05) is 12.3 Å². The van der Waals surface area contributed by atoms with Crippen LogP contribution in [0.4, 0.5) is 0 Å². The molecular formula is C20H22Cl2N4O. The molecule has 3 N–H and O–H groups in total. The number of ether oxygens (including phenoxy) is 1. The number of piperidine rings is 1. The molecule has 0 aliphatic carbocycles. The van der Waals surface area contributed by atoms with E-state index in [4.69, 9.17) is 33.7 Å². The van der Waals surface area contributed by atoms with Crippen LogP contribution in [-0.2, 0) is 6.61 Å². The van der Waals surface area contributed by atoms with E-state index >= 15 is 0 Å². The molecular weight excluding hydrogens is 383 g/mol. The van der Waals surface area contributed by atoms with Crippen LogP contribution in [0.5, 0.6) is 5.75 Å². The zero-order valence-electron chi connectivity index (χ0n) is 14.9. The largest absolute Gasteiger partial charge is 0.487 e. The number of pyridine rings is 1. The van der Waals surface area contributed by atoms with Gasteiger partial charge in [0.1, 0.15) is 12.4 Å². The number of allylic oxidation sites excluding steroid dienone is 1. The van der Waals surface area contributed by atoms with Gasteiger partial charge in [-0.15, -0.1) is 0 Å². The summed E-state index contributed by atoms with van der Waals surface area (Å²) in [5.74, 6) is 0.609. The van der Waals surface area contributed by atoms with Gasteiger partial charge in [-0.25, -0.2) is 0 Å². The van der Waals surface area contributed by atoms with E-state index in [1.54, 1.807) is 30.6 Å². The Morgan fingerprint density at radius 1 is 1.26 bits per heavy atom. The monoisotopic (exact) mass is 404 g/mol. The molecule has 5 nitrogen and oxygen atoms in total. The topological polar surface area (TPSA) is 72.5 Å². The molecule has 1 aliphatic heterocycles. The molecule has 0 spiro atoms. The summed E-state index contributed by atoms with van der Waals surface area (Å²) in [6, 6.07) is 7.58. The van der Waals surface area contributed by atoms with Crippen LogP contribution in [0.2, 0.25) is 10.0 Å². The lowest BCUT2D eigenvalue weighted by molar-refractivity contribution is 0.305. The Labute approximate surface area is 169 Å². The summed E-state index contributed by atoms with van der Waals surface area (Å²) in [6.07, 6.45) is 8.81. The molecule has 27 heavy (non-hydrogen) atoms. The second kappa shape index (κ2) is 9.74. The summed E-state index contributed by atoms with van der Waals surface area (Å²) < 4.78 is 5.83. The van der Waals surface area contributed by atoms with E-state index in [-0.39, 0.29) is 6.61 Å². The number of hydrogen-bond donors (Lipinski definition) is 2. The van der Waals surface area contributed by atoms with E-state index in [1.165, 1.54) is 6.20 Å². The molecule has 0 bridgehead atoms. The van der Waals surface area contributed by atoms with Crippen LogP contribution in [0.25, 0.3) is 5.57 Å². The highest BCUT2D eigenvalue weighted by molar-refractivity contribution is 6.35. The van der Waals surface area contributed by atoms with Gasteiger partial charge in [-0.05, 0) is 44.1 Å². The van der Waals surface area contributed by atoms with E-state index in [9.17, 15) is 0 Å². The maximum Gasteiger partial charge on any atom is 0.138 e. The normalized spacial score (nSPS) is 16.0. The number of nitrogens with one attached hydrogen (secondary N) is 1. The van der Waals surface area contributed by atoms with Crippen LogP contribution >= 0.6 is 23.2 Å². The molecule has 7 heteroatoms. The Balaban J connectivity index is 1.69. The van der Waals surface area contributed by atoms with Crippen molar-refractivity contribution in [3.05, 3.63) is 64.0 Å². The van der Waals surface area contributed by atoms with Gasteiger partial charge in [-0.1, -0.05) is 29.3 Å². The number of hydrogen-bond acceptors (Lipinski definition) is 5. The number of aromatic nitrogens is 1. The lowest BCUT2D eigenvalue weighted by Crippen LogP contribution is -2.29. The van der Waals surface area contributed by atoms with E-state index in [0.717, 1.165) is 42.6 Å². The number of halogens is 2. The molecule has 3 rings (SSSR count). The molecule has 0 atom stereocenters. The quantitative estimate of drug-likeness (QED) is 0.711. The first-order valence-electron chi connectivity index (χ1n) is 8.84. The van der Waals surface area contributed by atoms with Crippen LogP contribution in [0.3, 0.4) is 0 Å². The number of nitrogens with zero attached hydrogens (tertiary/aromatic N) is 2. The number of aliphatic imine (C=N–C) groups is 1. The molecule has 0 saturated carbocycles. The molecule has 1 aliphatic rings. The predicted molar refractivity (Wildman–Crippen MR) is 112 cm³/mol. The van der Waals surface area contributed by atoms with E-state index in [2.05, 4.69) is 15.3 Å². The van der Waals surface area contributed by atoms with Crippen molar-refractivity contribution < 1.29 is 4.74 Å². The summed E-state index contributed by atoms with van der Waals surface area (Å²) in [7, 11) is 0. The fourth-order valence-electron chi connectivity index (χ4n) is 2.84. The van der Waals surface area contributed by atoms with E-state index < -0.39 is 0 Å². The highest BCUT2D eigenvalue weighted by Crippen LogP contribution is 2.26. The van der Waals surface area contributed by atoms with E-state index in [0.29, 0.717) is 21.8 Å². The molecule has 0 radical (unpaired) electrons. The lowest BCUT2D eigenvalue weighted by atomic mass is 10.1. The fourth-order valence-corrected chi connectivity index (χ4v) is 3.34. The Hall–Kier alpha value is -2.08. The molecule has 1 fully saturated rings. The Bertz CT molecular complexity index is 812. The van der Waals surface area contributed by atoms with Crippen LogP contribution in [0, 0.1) is 0 Å². The van der Waals surface area contributed by atoms with Gasteiger partial charge in [-0.2, -0.15) is 0 Å². The summed E-state index contributed by atoms with van der Waals surface area (Å²) in [4.78, 5) is 8.91. The third kappa shape index (κ3) is 5.45. The van der Waals surface area contributed by atoms with Gasteiger partial charge in [-0.3, -0.25) is 9.98 Å². The highest BCUT2D eigenvalue weighted by Gasteiger charge is 2.11. The van der Waals surface area contributed by atoms with Crippen molar-refractivity contribution in [2.45, 2.75) is 25.5 Å². The zero-order chi connectivity index (χ0) is 19.1. The molecule has 0 amide bonds. The summed E-state index contributed by atoms with van der Waals surface area (Å²) in [6.45, 7) is 2.26. The first kappa shape index (κ1) is 19.7. The summed E-state index contributed by atoms with van der Waals surface area (Å²) in [5.41, 5.74) is 8.20. The highest BCUT2D eigenvalue weighted by atomic mass is 35.5. The van der Waals surface area contributed by atoms with Gasteiger partial charge in [0.25, 0.3) is 0 Å². The van der Waals surface area contributed by atoms with Crippen molar-refractivity contribution in [3.63, 3.8) is 0 Å². The third-order valence-electron chi connectivity index (χ3n) is 4.40. The second-order valence-corrected chi connectivity index (χ2v) is 7.09. The fraction of sp³-hybridized carbons (Fsp3) is 0.300. The zero-order valence-corrected chi connectivity index (χ0v) is 16.4. The molecule has 1 aromatic heterocycles. The van der Waals surface area contributed by atoms with Crippen molar-refractivity contribution >= 4 is 35.0 Å². The van der Waals surface area contributed by atoms with Crippen molar-refractivity contribution in [2.75, 3.05) is 13.1 Å². The van der Waals surface area contributed by atoms with Crippen LogP contribution in [0.1, 0.15) is 24.0 Å². The minimum atomic E-state index is 0.258. The molecule has 0 unspecified atom stereocenters. The van der Waals surface area contributed by atoms with Gasteiger partial charge >= 0.3 is 0 Å². The molecule has 142 valence electrons. The van der Waals surface area contributed by atoms with Gasteiger partial charge in [0.15, 0.2) is 0 Å². The smallest absolute Gasteiger partial charge is 0.138 e. The third-order valence-corrected chi connectivity index (χ3v) is 5.11. The predicted octanol–water partition coefficient (Wildman–Crippen LogP) is 4.09. The maximum absolute atomic E-state index is 6.19. The van der Waals surface area contributed by atoms with Gasteiger partial charge in [0, 0.05) is 45.4 Å². The van der Waals surface area contributed by atoms with Gasteiger partial charge in [0.2, 0.25) is 0 Å². The number of rotatable bonds is 6. The first-order chi connectivity index (χ1) is 13.2. The van der Waals surface area contributed by atoms with Crippen molar-refractivity contribution in [3.8, 4) is 5.75 Å². The van der Waals surface area contributed by atoms with Crippen LogP contribution in [0.15, 0.2) is 47.9 Å². The van der Waals surface area contributed by atoms with Crippen molar-refractivity contribution in [2.24, 2.45) is 10.7 Å². The van der Waals surface area contributed by atoms with Gasteiger partial charge in [0.05, 0.1) is 12.2 Å². The average Bonchev–Trinajstić information content (AvgIpc) is 2.69. The van der Waals surface area contributed by atoms with Crippen molar-refractivity contribution in [1.82, 2.24) is 10.3 Å². The summed E-state index contributed by atoms with van der Waals surface area (Å²) in [5, 5.41) is 4.48. The maximum atomic E-state index is 6.19. The second-order valence-electron chi connectivity index (χ2n) is 6.28. The number of nitrogens with two attached hydrogens (primary N) is 1. The standard InChI is InChI=1S/C20H22Cl2N4O/c21-19-2-1-3-20(22)18(19)13-27-17-8-14(10-25-12-17)15(9-23)11-26-16-4-6-24-7-5-16/h1-3,8-12,16,24H,4-7,13,23H2/b15-9+,26-11?. The summed E-state index contributed by atoms with van der Waals surface area (Å²) >= 11 is 12.4. The van der Waals surface area contributed by atoms with Crippen molar-refractivity contribution in [1.29, 1.82) is 0 Å². The molecule has 1 saturated heterocycles. The lowest BCUT2D eigenvalue weighted by Gasteiger charge is -2.18. The molecule has 1 aromatic carbocycles. The van der Waals surface area contributed by atoms with Crippen LogP contribution in [-0.4, -0.2) is 30.3 Å². The van der Waals surface area contributed by atoms with Gasteiger partial charge < -0.3 is 15.8 Å². The Morgan fingerprint density at radius 3 is 2.70 bits per heavy atom. The Kier molecular flexibility index (Phi) is 7.10. The average molecular weight is 405 g/mol. The minimum Gasteiger partial charge on any atom is -0.487 e. The first-order valence-corrected chi connectivity index (χ1v) is 9.60. The molecule has 2 aromatic rings. The number of benzene rings is 1. The molecule has 2 heterocycles. The van der Waals surface area contributed by atoms with Crippen LogP contribution < -0.4 is 15.8 Å².